The van der Waals surface area contributed by atoms with Gasteiger partial charge in [0.15, 0.2) is 18.1 Å². The minimum Gasteiger partial charge on any atom is -0.493 e. The molecule has 3 aromatic carbocycles. The average molecular weight is 420 g/mol. The normalized spacial score (nSPS) is 10.4. The first-order valence-corrected chi connectivity index (χ1v) is 10.3. The van der Waals surface area contributed by atoms with E-state index < -0.39 is 0 Å². The Kier molecular flexibility index (Phi) is 7.93. The van der Waals surface area contributed by atoms with Crippen molar-refractivity contribution in [3.63, 3.8) is 0 Å². The van der Waals surface area contributed by atoms with Crippen molar-refractivity contribution in [2.24, 2.45) is 0 Å². The van der Waals surface area contributed by atoms with E-state index in [1.165, 1.54) is 5.56 Å². The van der Waals surface area contributed by atoms with E-state index in [0.717, 1.165) is 17.5 Å². The lowest BCUT2D eigenvalue weighted by Crippen LogP contribution is -2.36. The molecule has 3 rings (SSSR count). The van der Waals surface area contributed by atoms with Crippen molar-refractivity contribution in [2.75, 3.05) is 27.4 Å². The van der Waals surface area contributed by atoms with Crippen LogP contribution in [0.5, 0.6) is 17.2 Å². The zero-order valence-corrected chi connectivity index (χ0v) is 18.3. The summed E-state index contributed by atoms with van der Waals surface area (Å²) in [6.07, 6.45) is 0.774. The Morgan fingerprint density at radius 3 is 1.94 bits per heavy atom. The molecule has 1 amide bonds. The van der Waals surface area contributed by atoms with Crippen LogP contribution in [0.15, 0.2) is 72.8 Å². The second-order valence-electron chi connectivity index (χ2n) is 7.32. The van der Waals surface area contributed by atoms with Crippen LogP contribution >= 0.6 is 0 Å². The fourth-order valence-electron chi connectivity index (χ4n) is 3.38. The van der Waals surface area contributed by atoms with E-state index >= 15 is 0 Å². The van der Waals surface area contributed by atoms with Gasteiger partial charge in [-0.3, -0.25) is 4.79 Å². The van der Waals surface area contributed by atoms with E-state index in [-0.39, 0.29) is 12.5 Å². The molecule has 5 nitrogen and oxygen atoms in total. The largest absolute Gasteiger partial charge is 0.493 e. The van der Waals surface area contributed by atoms with Crippen LogP contribution in [-0.2, 0) is 17.8 Å². The Balaban J connectivity index is 1.73. The van der Waals surface area contributed by atoms with Gasteiger partial charge in [-0.25, -0.2) is 0 Å². The molecule has 0 bridgehead atoms. The highest BCUT2D eigenvalue weighted by Crippen LogP contribution is 2.38. The molecule has 3 aromatic rings. The number of nitrogens with zero attached hydrogens (tertiary/aromatic N) is 1. The third-order valence-corrected chi connectivity index (χ3v) is 5.03. The van der Waals surface area contributed by atoms with Crippen molar-refractivity contribution in [3.8, 4) is 17.2 Å². The molecule has 0 spiro atoms. The first kappa shape index (κ1) is 22.2. The molecule has 0 aliphatic heterocycles. The second kappa shape index (κ2) is 11.1. The maximum Gasteiger partial charge on any atom is 0.260 e. The third kappa shape index (κ3) is 6.25. The van der Waals surface area contributed by atoms with E-state index in [1.807, 2.05) is 72.5 Å². The van der Waals surface area contributed by atoms with E-state index in [9.17, 15) is 4.79 Å². The minimum absolute atomic E-state index is 0.0931. The van der Waals surface area contributed by atoms with Crippen molar-refractivity contribution in [1.29, 1.82) is 0 Å². The SMILES string of the molecule is COc1cc(C)cc(OC)c1OCC(=O)N(CCc1ccccc1)Cc1ccccc1. The van der Waals surface area contributed by atoms with Crippen molar-refractivity contribution in [1.82, 2.24) is 4.90 Å². The Morgan fingerprint density at radius 1 is 0.839 bits per heavy atom. The highest BCUT2D eigenvalue weighted by atomic mass is 16.5. The molecule has 0 radical (unpaired) electrons. The molecule has 0 heterocycles. The van der Waals surface area contributed by atoms with Crippen molar-refractivity contribution in [2.45, 2.75) is 19.9 Å². The fraction of sp³-hybridized carbons (Fsp3) is 0.269. The smallest absolute Gasteiger partial charge is 0.260 e. The van der Waals surface area contributed by atoms with E-state index in [4.69, 9.17) is 14.2 Å². The molecule has 0 aliphatic carbocycles. The average Bonchev–Trinajstić information content (AvgIpc) is 2.81. The van der Waals surface area contributed by atoms with Crippen LogP contribution in [-0.4, -0.2) is 38.2 Å². The lowest BCUT2D eigenvalue weighted by molar-refractivity contribution is -0.134. The third-order valence-electron chi connectivity index (χ3n) is 5.03. The highest BCUT2D eigenvalue weighted by Gasteiger charge is 2.19. The molecule has 0 unspecified atom stereocenters. The van der Waals surface area contributed by atoms with Crippen molar-refractivity contribution < 1.29 is 19.0 Å². The number of rotatable bonds is 10. The molecular weight excluding hydrogens is 390 g/mol. The zero-order valence-electron chi connectivity index (χ0n) is 18.3. The van der Waals surface area contributed by atoms with Gasteiger partial charge in [-0.2, -0.15) is 0 Å². The number of benzene rings is 3. The molecule has 31 heavy (non-hydrogen) atoms. The number of methoxy groups -OCH3 is 2. The molecule has 0 aromatic heterocycles. The van der Waals surface area contributed by atoms with Crippen LogP contribution < -0.4 is 14.2 Å². The number of carbonyl (C=O) groups is 1. The van der Waals surface area contributed by atoms with Gasteiger partial charge < -0.3 is 19.1 Å². The summed E-state index contributed by atoms with van der Waals surface area (Å²) in [5, 5.41) is 0. The van der Waals surface area contributed by atoms with E-state index in [0.29, 0.717) is 30.3 Å². The van der Waals surface area contributed by atoms with Gasteiger partial charge in [0.1, 0.15) is 0 Å². The van der Waals surface area contributed by atoms with Crippen LogP contribution in [0, 0.1) is 6.92 Å². The monoisotopic (exact) mass is 419 g/mol. The van der Waals surface area contributed by atoms with Crippen LogP contribution in [0.2, 0.25) is 0 Å². The summed E-state index contributed by atoms with van der Waals surface area (Å²) >= 11 is 0. The van der Waals surface area contributed by atoms with Gasteiger partial charge in [0, 0.05) is 13.1 Å². The zero-order chi connectivity index (χ0) is 22.1. The molecule has 0 aliphatic rings. The topological polar surface area (TPSA) is 48.0 Å². The Hall–Kier alpha value is -3.47. The molecule has 0 saturated heterocycles. The van der Waals surface area contributed by atoms with Crippen LogP contribution in [0.25, 0.3) is 0 Å². The van der Waals surface area contributed by atoms with Gasteiger partial charge in [0.05, 0.1) is 14.2 Å². The Labute approximate surface area is 184 Å². The predicted molar refractivity (Wildman–Crippen MR) is 122 cm³/mol. The van der Waals surface area contributed by atoms with Crippen molar-refractivity contribution in [3.05, 3.63) is 89.5 Å². The lowest BCUT2D eigenvalue weighted by atomic mass is 10.1. The summed E-state index contributed by atoms with van der Waals surface area (Å²) in [5.74, 6) is 1.43. The number of amides is 1. The van der Waals surface area contributed by atoms with Crippen LogP contribution in [0.3, 0.4) is 0 Å². The summed E-state index contributed by atoms with van der Waals surface area (Å²) in [5.41, 5.74) is 3.26. The number of hydrogen-bond donors (Lipinski definition) is 0. The maximum absolute atomic E-state index is 13.1. The quantitative estimate of drug-likeness (QED) is 0.479. The first-order chi connectivity index (χ1) is 15.1. The predicted octanol–water partition coefficient (Wildman–Crippen LogP) is 4.66. The fourth-order valence-corrected chi connectivity index (χ4v) is 3.38. The summed E-state index contributed by atoms with van der Waals surface area (Å²) in [6.45, 7) is 2.98. The van der Waals surface area contributed by atoms with Gasteiger partial charge in [-0.05, 0) is 42.2 Å². The van der Waals surface area contributed by atoms with Crippen molar-refractivity contribution >= 4 is 5.91 Å². The molecular formula is C26H29NO4. The summed E-state index contributed by atoms with van der Waals surface area (Å²) in [7, 11) is 3.15. The Bertz CT molecular complexity index is 948. The number of carbonyl (C=O) groups excluding carboxylic acids is 1. The lowest BCUT2D eigenvalue weighted by Gasteiger charge is -2.24. The molecule has 0 atom stereocenters. The van der Waals surface area contributed by atoms with Gasteiger partial charge in [0.25, 0.3) is 5.91 Å². The Morgan fingerprint density at radius 2 is 1.39 bits per heavy atom. The van der Waals surface area contributed by atoms with Gasteiger partial charge in [-0.15, -0.1) is 0 Å². The van der Waals surface area contributed by atoms with Gasteiger partial charge in [0.2, 0.25) is 5.75 Å². The van der Waals surface area contributed by atoms with Crippen LogP contribution in [0.4, 0.5) is 0 Å². The first-order valence-electron chi connectivity index (χ1n) is 10.3. The maximum atomic E-state index is 13.1. The second-order valence-corrected chi connectivity index (χ2v) is 7.32. The number of aryl methyl sites for hydroxylation is 1. The summed E-state index contributed by atoms with van der Waals surface area (Å²) < 4.78 is 16.8. The highest BCUT2D eigenvalue weighted by molar-refractivity contribution is 5.78. The number of hydrogen-bond acceptors (Lipinski definition) is 4. The van der Waals surface area contributed by atoms with E-state index in [1.54, 1.807) is 14.2 Å². The molecule has 0 fully saturated rings. The minimum atomic E-state index is -0.0998. The number of ether oxygens (including phenoxy) is 3. The van der Waals surface area contributed by atoms with Gasteiger partial charge >= 0.3 is 0 Å². The molecule has 5 heteroatoms. The summed E-state index contributed by atoms with van der Waals surface area (Å²) in [4.78, 5) is 15.0. The van der Waals surface area contributed by atoms with Gasteiger partial charge in [-0.1, -0.05) is 60.7 Å². The molecule has 0 N–H and O–H groups in total. The standard InChI is InChI=1S/C26H29NO4/c1-20-16-23(29-2)26(24(17-20)30-3)31-19-25(28)27(18-22-12-8-5-9-13-22)15-14-21-10-6-4-7-11-21/h4-13,16-17H,14-15,18-19H2,1-3H3. The van der Waals surface area contributed by atoms with Crippen LogP contribution in [0.1, 0.15) is 16.7 Å². The molecule has 162 valence electrons. The summed E-state index contributed by atoms with van der Waals surface area (Å²) in [6, 6.07) is 23.9. The molecule has 0 saturated carbocycles. The van der Waals surface area contributed by atoms with E-state index in [2.05, 4.69) is 12.1 Å².